The van der Waals surface area contributed by atoms with E-state index in [1.54, 1.807) is 44.4 Å². The number of hydrogen-bond acceptors (Lipinski definition) is 11. The molecule has 0 spiro atoms. The van der Waals surface area contributed by atoms with Gasteiger partial charge in [0.1, 0.15) is 17.8 Å². The number of amides is 3. The minimum atomic E-state index is -3.67. The van der Waals surface area contributed by atoms with Gasteiger partial charge in [0, 0.05) is 86.3 Å². The number of nitrogens with one attached hydrogen (secondary N) is 2. The van der Waals surface area contributed by atoms with E-state index >= 15 is 0 Å². The van der Waals surface area contributed by atoms with E-state index in [1.807, 2.05) is 45.9 Å². The second-order valence-corrected chi connectivity index (χ2v) is 21.5. The first-order valence-electron chi connectivity index (χ1n) is 24.0. The topological polar surface area (TPSA) is 193 Å². The highest BCUT2D eigenvalue weighted by molar-refractivity contribution is 7.92. The number of sulfonamides is 1. The van der Waals surface area contributed by atoms with Crippen molar-refractivity contribution in [2.24, 2.45) is 17.3 Å². The van der Waals surface area contributed by atoms with Crippen LogP contribution in [0.15, 0.2) is 66.2 Å². The molecule has 69 heavy (non-hydrogen) atoms. The van der Waals surface area contributed by atoms with Gasteiger partial charge in [-0.05, 0) is 118 Å². The number of rotatable bonds is 20. The first-order valence-corrected chi connectivity index (χ1v) is 25.5. The lowest BCUT2D eigenvalue weighted by molar-refractivity contribution is -0.146. The van der Waals surface area contributed by atoms with Crippen LogP contribution in [-0.2, 0) is 58.1 Å². The van der Waals surface area contributed by atoms with Crippen LogP contribution in [0.5, 0.6) is 5.75 Å². The molecular weight excluding hydrogens is 899 g/mol. The SMILES string of the molecule is C/C=C/S(=O)(=O)N1CC[C@H](C(=O)N(C)[C@H](C(=O)N[C@@H](Cc2cc(O)cc(-c3ccc4c(c3)c(CC(C)(C)COC=O)c(-c3cccnc3[C@H](C)OC)n4CC)c2)C(=O)N2CCC[C@@H](C)N2)C(C)C)C1. The lowest BCUT2D eigenvalue weighted by atomic mass is 9.84. The minimum absolute atomic E-state index is 0.00926. The zero-order valence-corrected chi connectivity index (χ0v) is 42.6. The third kappa shape index (κ3) is 12.0. The number of benzene rings is 2. The molecule has 0 radical (unpaired) electrons. The second kappa shape index (κ2) is 22.4. The Kier molecular flexibility index (Phi) is 17.1. The van der Waals surface area contributed by atoms with Crippen molar-refractivity contribution in [1.82, 2.24) is 34.5 Å². The van der Waals surface area contributed by atoms with Crippen LogP contribution in [-0.4, -0.2) is 120 Å². The average Bonchev–Trinajstić information content (AvgIpc) is 3.93. The molecule has 2 aromatic carbocycles. The van der Waals surface area contributed by atoms with E-state index in [1.165, 1.54) is 15.3 Å². The molecule has 2 aliphatic rings. The molecule has 4 aromatic rings. The van der Waals surface area contributed by atoms with Gasteiger partial charge < -0.3 is 29.4 Å². The molecule has 0 bridgehead atoms. The number of methoxy groups -OCH3 is 1. The fourth-order valence-electron chi connectivity index (χ4n) is 10.00. The van der Waals surface area contributed by atoms with Crippen LogP contribution in [0.1, 0.15) is 97.6 Å². The fraction of sp³-hybridized carbons (Fsp3) is 0.519. The van der Waals surface area contributed by atoms with Gasteiger partial charge in [0.2, 0.25) is 21.8 Å². The highest BCUT2D eigenvalue weighted by Gasteiger charge is 2.40. The van der Waals surface area contributed by atoms with E-state index in [0.29, 0.717) is 43.5 Å². The summed E-state index contributed by atoms with van der Waals surface area (Å²) in [5.74, 6) is -2.24. The number of aryl methyl sites for hydroxylation is 1. The number of aromatic nitrogens is 2. The standard InChI is InChI=1S/C52H71N7O9S/c1-11-23-69(65,66)57-22-19-38(30-57)50(63)56(9)47(33(3)4)49(62)54-44(51(64)59-21-14-15-34(5)55-59)26-36-24-39(27-40(61)25-36)37-17-18-45-42(28-37)43(29-52(7,8)31-68-32-60)48(58(45)12-2)41-16-13-20-53-46(41)35(6)67-10/h11,13,16-18,20,23-25,27-28,32-35,38,44,47,55,61H,12,14-15,19,21-22,26,29-31H2,1-10H3,(H,54,62)/b23-11+/t34-,35+,38+,44+,47+/m1/s1. The first kappa shape index (κ1) is 52.7. The van der Waals surface area contributed by atoms with Gasteiger partial charge >= 0.3 is 0 Å². The number of hydrazine groups is 1. The van der Waals surface area contributed by atoms with Gasteiger partial charge in [-0.15, -0.1) is 0 Å². The van der Waals surface area contributed by atoms with Crippen LogP contribution >= 0.6 is 0 Å². The number of phenols is 1. The molecule has 2 saturated heterocycles. The highest BCUT2D eigenvalue weighted by atomic mass is 32.2. The lowest BCUT2D eigenvalue weighted by Crippen LogP contribution is -2.60. The molecule has 0 saturated carbocycles. The van der Waals surface area contributed by atoms with Gasteiger partial charge in [-0.25, -0.2) is 13.8 Å². The Morgan fingerprint density at radius 1 is 1.07 bits per heavy atom. The molecule has 0 unspecified atom stereocenters. The first-order chi connectivity index (χ1) is 32.7. The van der Waals surface area contributed by atoms with Crippen LogP contribution in [0.25, 0.3) is 33.3 Å². The molecule has 2 fully saturated rings. The quantitative estimate of drug-likeness (QED) is 0.0794. The Morgan fingerprint density at radius 3 is 2.49 bits per heavy atom. The smallest absolute Gasteiger partial charge is 0.293 e. The summed E-state index contributed by atoms with van der Waals surface area (Å²) in [6, 6.07) is 13.3. The molecule has 2 aliphatic heterocycles. The van der Waals surface area contributed by atoms with E-state index in [-0.39, 0.29) is 61.7 Å². The molecule has 17 heteroatoms. The highest BCUT2D eigenvalue weighted by Crippen LogP contribution is 2.42. The Balaban J connectivity index is 1.38. The molecule has 6 rings (SSSR count). The molecular formula is C52H71N7O9S. The molecule has 16 nitrogen and oxygen atoms in total. The van der Waals surface area contributed by atoms with Crippen molar-refractivity contribution in [3.8, 4) is 28.1 Å². The van der Waals surface area contributed by atoms with Crippen LogP contribution in [0.2, 0.25) is 0 Å². The van der Waals surface area contributed by atoms with E-state index in [2.05, 4.69) is 54.3 Å². The number of pyridine rings is 1. The summed E-state index contributed by atoms with van der Waals surface area (Å²) in [5, 5.41) is 18.0. The van der Waals surface area contributed by atoms with Crippen molar-refractivity contribution >= 4 is 45.1 Å². The van der Waals surface area contributed by atoms with E-state index in [9.17, 15) is 32.7 Å². The summed E-state index contributed by atoms with van der Waals surface area (Å²) in [4.78, 5) is 60.5. The number of carbonyl (C=O) groups excluding carboxylic acids is 4. The Morgan fingerprint density at radius 2 is 1.83 bits per heavy atom. The number of carbonyl (C=O) groups is 4. The summed E-state index contributed by atoms with van der Waals surface area (Å²) in [7, 11) is -0.460. The maximum absolute atomic E-state index is 14.5. The van der Waals surface area contributed by atoms with E-state index in [0.717, 1.165) is 57.2 Å². The van der Waals surface area contributed by atoms with Gasteiger partial charge in [0.05, 0.1) is 30.0 Å². The fourth-order valence-corrected chi connectivity index (χ4v) is 11.3. The Labute approximate surface area is 407 Å². The maximum atomic E-state index is 14.5. The zero-order chi connectivity index (χ0) is 50.4. The maximum Gasteiger partial charge on any atom is 0.293 e. The number of fused-ring (bicyclic) bond motifs is 1. The summed E-state index contributed by atoms with van der Waals surface area (Å²) >= 11 is 0. The van der Waals surface area contributed by atoms with Gasteiger partial charge in [-0.2, -0.15) is 4.31 Å². The van der Waals surface area contributed by atoms with Gasteiger partial charge in [-0.3, -0.25) is 29.2 Å². The monoisotopic (exact) mass is 970 g/mol. The number of aromatic hydroxyl groups is 1. The molecule has 374 valence electrons. The van der Waals surface area contributed by atoms with Crippen LogP contribution in [0.4, 0.5) is 0 Å². The van der Waals surface area contributed by atoms with Crippen LogP contribution in [0, 0.1) is 17.3 Å². The van der Waals surface area contributed by atoms with Crippen molar-refractivity contribution < 1.29 is 42.2 Å². The van der Waals surface area contributed by atoms with Gasteiger partial charge in [0.15, 0.2) is 0 Å². The van der Waals surface area contributed by atoms with Crippen molar-refractivity contribution in [1.29, 1.82) is 0 Å². The largest absolute Gasteiger partial charge is 0.508 e. The number of phenolic OH excluding ortho intramolecular Hbond substituents is 1. The van der Waals surface area contributed by atoms with E-state index < -0.39 is 39.3 Å². The van der Waals surface area contributed by atoms with Crippen LogP contribution < -0.4 is 10.7 Å². The van der Waals surface area contributed by atoms with Crippen molar-refractivity contribution in [2.75, 3.05) is 40.4 Å². The summed E-state index contributed by atoms with van der Waals surface area (Å²) in [6.45, 7) is 17.4. The molecule has 0 aliphatic carbocycles. The normalized spacial score (nSPS) is 18.4. The zero-order valence-electron chi connectivity index (χ0n) is 41.8. The number of allylic oxidation sites excluding steroid dienone is 1. The van der Waals surface area contributed by atoms with Crippen LogP contribution in [0.3, 0.4) is 0 Å². The van der Waals surface area contributed by atoms with Crippen molar-refractivity contribution in [3.63, 3.8) is 0 Å². The summed E-state index contributed by atoms with van der Waals surface area (Å²) in [5.41, 5.74) is 9.64. The van der Waals surface area contributed by atoms with E-state index in [4.69, 9.17) is 14.5 Å². The molecule has 2 aromatic heterocycles. The molecule has 5 atom stereocenters. The lowest BCUT2D eigenvalue weighted by Gasteiger charge is -2.36. The average molecular weight is 970 g/mol. The summed E-state index contributed by atoms with van der Waals surface area (Å²) in [6.07, 6.45) is 5.45. The van der Waals surface area contributed by atoms with Crippen molar-refractivity contribution in [3.05, 3.63) is 83.0 Å². The minimum Gasteiger partial charge on any atom is -0.508 e. The molecule has 4 heterocycles. The second-order valence-electron chi connectivity index (χ2n) is 19.7. The molecule has 3 N–H and O–H groups in total. The molecule has 3 amide bonds. The summed E-state index contributed by atoms with van der Waals surface area (Å²) < 4.78 is 40.2. The number of hydrogen-bond donors (Lipinski definition) is 3. The Hall–Kier alpha value is -5.62. The van der Waals surface area contributed by atoms with Gasteiger partial charge in [-0.1, -0.05) is 45.9 Å². The predicted molar refractivity (Wildman–Crippen MR) is 267 cm³/mol. The third-order valence-electron chi connectivity index (χ3n) is 13.4. The third-order valence-corrected chi connectivity index (χ3v) is 15.0. The van der Waals surface area contributed by atoms with Gasteiger partial charge in [0.25, 0.3) is 12.4 Å². The number of ether oxygens (including phenoxy) is 2. The predicted octanol–water partition coefficient (Wildman–Crippen LogP) is 6.76. The number of likely N-dealkylation sites (N-methyl/N-ethyl adjacent to an activating group) is 1. The Bertz CT molecular complexity index is 2650. The number of nitrogens with zero attached hydrogens (tertiary/aromatic N) is 5. The van der Waals surface area contributed by atoms with Crippen molar-refractivity contribution in [2.45, 2.75) is 118 Å².